The first kappa shape index (κ1) is 24.4. The number of sulfone groups is 1. The third-order valence-corrected chi connectivity index (χ3v) is 8.56. The Balaban J connectivity index is 1.51. The zero-order chi connectivity index (χ0) is 26.0. The van der Waals surface area contributed by atoms with E-state index in [1.807, 2.05) is 40.7 Å². The predicted octanol–water partition coefficient (Wildman–Crippen LogP) is 3.19. The number of pyridine rings is 3. The van der Waals surface area contributed by atoms with E-state index in [1.54, 1.807) is 24.5 Å². The van der Waals surface area contributed by atoms with Gasteiger partial charge in [-0.25, -0.2) is 28.2 Å². The predicted molar refractivity (Wildman–Crippen MR) is 135 cm³/mol. The van der Waals surface area contributed by atoms with Gasteiger partial charge >= 0.3 is 5.97 Å². The number of nitrogens with one attached hydrogen (secondary N) is 1. The molecule has 0 spiro atoms. The fourth-order valence-corrected chi connectivity index (χ4v) is 5.59. The van der Waals surface area contributed by atoms with E-state index in [2.05, 4.69) is 15.3 Å². The van der Waals surface area contributed by atoms with E-state index in [9.17, 15) is 13.2 Å². The van der Waals surface area contributed by atoms with Crippen molar-refractivity contribution in [2.75, 3.05) is 16.8 Å². The number of carbonyl (C=O) groups is 1. The molecular weight excluding hydrogens is 482 g/mol. The maximum atomic E-state index is 12.4. The molecule has 3 N–H and O–H groups in total. The van der Waals surface area contributed by atoms with Crippen molar-refractivity contribution in [2.45, 2.75) is 57.8 Å². The highest BCUT2D eigenvalue weighted by molar-refractivity contribution is 7.92. The Morgan fingerprint density at radius 3 is 2.53 bits per heavy atom. The third-order valence-electron chi connectivity index (χ3n) is 6.80. The number of nitrogens with zero attached hydrogens (tertiary/aromatic N) is 3. The van der Waals surface area contributed by atoms with E-state index in [4.69, 9.17) is 20.2 Å². The normalized spacial score (nSPS) is 20.8. The van der Waals surface area contributed by atoms with Gasteiger partial charge in [0.25, 0.3) is 0 Å². The van der Waals surface area contributed by atoms with Gasteiger partial charge in [0.05, 0.1) is 28.1 Å². The van der Waals surface area contributed by atoms with Gasteiger partial charge in [-0.15, -0.1) is 0 Å². The summed E-state index contributed by atoms with van der Waals surface area (Å²) in [6.07, 6.45) is 2.85. The summed E-state index contributed by atoms with van der Waals surface area (Å²) >= 11 is 0. The maximum Gasteiger partial charge on any atom is 0.340 e. The van der Waals surface area contributed by atoms with Crippen molar-refractivity contribution in [3.8, 4) is 5.88 Å². The van der Waals surface area contributed by atoms with Gasteiger partial charge < -0.3 is 20.5 Å². The van der Waals surface area contributed by atoms with Crippen molar-refractivity contribution in [3.63, 3.8) is 0 Å². The number of cyclic esters (lactones) is 1. The molecular formula is C25H29N5O5S. The van der Waals surface area contributed by atoms with Crippen LogP contribution in [0.4, 0.5) is 11.6 Å². The summed E-state index contributed by atoms with van der Waals surface area (Å²) in [7, 11) is -3.03. The Labute approximate surface area is 209 Å². The molecule has 0 bridgehead atoms. The van der Waals surface area contributed by atoms with Crippen molar-refractivity contribution in [1.82, 2.24) is 15.0 Å². The quantitative estimate of drug-likeness (QED) is 0.490. The highest BCUT2D eigenvalue weighted by Crippen LogP contribution is 2.38. The van der Waals surface area contributed by atoms with Crippen molar-refractivity contribution < 1.29 is 22.7 Å². The summed E-state index contributed by atoms with van der Waals surface area (Å²) in [5.41, 5.74) is 6.97. The van der Waals surface area contributed by atoms with Crippen LogP contribution < -0.4 is 15.8 Å². The summed E-state index contributed by atoms with van der Waals surface area (Å²) in [6, 6.07) is 5.26. The average molecular weight is 512 g/mol. The lowest BCUT2D eigenvalue weighted by Gasteiger charge is -2.36. The number of esters is 1. The fraction of sp³-hybridized carbons (Fsp3) is 0.440. The summed E-state index contributed by atoms with van der Waals surface area (Å²) in [4.78, 5) is 26.1. The Kier molecular flexibility index (Phi) is 5.49. The molecule has 1 fully saturated rings. The zero-order valence-electron chi connectivity index (χ0n) is 20.8. The number of ether oxygens (including phenoxy) is 2. The van der Waals surface area contributed by atoms with Crippen LogP contribution in [0.2, 0.25) is 0 Å². The second kappa shape index (κ2) is 8.10. The molecule has 0 amide bonds. The van der Waals surface area contributed by atoms with Crippen LogP contribution in [0.5, 0.6) is 5.88 Å². The minimum atomic E-state index is -3.03. The van der Waals surface area contributed by atoms with E-state index < -0.39 is 27.1 Å². The Morgan fingerprint density at radius 2 is 1.86 bits per heavy atom. The first-order valence-corrected chi connectivity index (χ1v) is 13.5. The van der Waals surface area contributed by atoms with Gasteiger partial charge in [0, 0.05) is 23.9 Å². The van der Waals surface area contributed by atoms with E-state index in [0.29, 0.717) is 34.2 Å². The van der Waals surface area contributed by atoms with Crippen LogP contribution in [0.15, 0.2) is 30.6 Å². The lowest BCUT2D eigenvalue weighted by Crippen LogP contribution is -2.45. The molecule has 1 saturated heterocycles. The van der Waals surface area contributed by atoms with Crippen molar-refractivity contribution in [1.29, 1.82) is 0 Å². The first-order chi connectivity index (χ1) is 16.7. The number of fused-ring (bicyclic) bond motifs is 2. The van der Waals surface area contributed by atoms with Crippen LogP contribution in [-0.4, -0.2) is 52.5 Å². The number of anilines is 2. The van der Waals surface area contributed by atoms with Crippen molar-refractivity contribution in [3.05, 3.63) is 47.4 Å². The standard InChI is InChI=1S/C25H29N5O5S/c1-13-21-15(23(31)35-25(13,4)5)6-7-19(30-21)29-20-8-16-17(9-27-20)22(28-10-18(16)24(2,3)26)34-14-11-36(32,33)12-14/h6-10,13-14H,11-12,26H2,1-5H3,(H,27,29,30)/t13-/m1/s1. The highest BCUT2D eigenvalue weighted by atomic mass is 32.2. The number of rotatable bonds is 5. The largest absolute Gasteiger partial charge is 0.472 e. The van der Waals surface area contributed by atoms with Crippen LogP contribution in [0.1, 0.15) is 62.2 Å². The van der Waals surface area contributed by atoms with E-state index in [-0.39, 0.29) is 23.4 Å². The molecule has 190 valence electrons. The Hall–Kier alpha value is -3.31. The molecule has 36 heavy (non-hydrogen) atoms. The molecule has 2 aliphatic heterocycles. The van der Waals surface area contributed by atoms with Gasteiger partial charge in [0.15, 0.2) is 9.84 Å². The smallest absolute Gasteiger partial charge is 0.340 e. The molecule has 2 aliphatic rings. The molecule has 3 aromatic heterocycles. The van der Waals surface area contributed by atoms with Crippen LogP contribution in [0.25, 0.3) is 10.8 Å². The SMILES string of the molecule is C[C@@H]1c2nc(Nc3cc4c(C(C)(C)N)cnc(OC5CS(=O)(=O)C5)c4cn3)ccc2C(=O)OC1(C)C. The monoisotopic (exact) mass is 511 g/mol. The van der Waals surface area contributed by atoms with Crippen LogP contribution in [0, 0.1) is 0 Å². The van der Waals surface area contributed by atoms with Gasteiger partial charge in [0.1, 0.15) is 23.3 Å². The van der Waals surface area contributed by atoms with Gasteiger partial charge in [0.2, 0.25) is 5.88 Å². The number of aromatic nitrogens is 3. The zero-order valence-corrected chi connectivity index (χ0v) is 21.6. The van der Waals surface area contributed by atoms with Crippen LogP contribution in [0.3, 0.4) is 0 Å². The van der Waals surface area contributed by atoms with E-state index in [1.165, 1.54) is 0 Å². The number of carbonyl (C=O) groups excluding carboxylic acids is 1. The molecule has 0 aromatic carbocycles. The molecule has 0 aliphatic carbocycles. The van der Waals surface area contributed by atoms with Crippen LogP contribution >= 0.6 is 0 Å². The average Bonchev–Trinajstić information content (AvgIpc) is 2.75. The molecule has 1 atom stereocenters. The topological polar surface area (TPSA) is 146 Å². The molecule has 0 radical (unpaired) electrons. The summed E-state index contributed by atoms with van der Waals surface area (Å²) in [6.45, 7) is 9.47. The third kappa shape index (κ3) is 4.37. The van der Waals surface area contributed by atoms with Crippen LogP contribution in [-0.2, 0) is 20.1 Å². The molecule has 0 saturated carbocycles. The van der Waals surface area contributed by atoms with E-state index >= 15 is 0 Å². The lowest BCUT2D eigenvalue weighted by molar-refractivity contribution is -0.0189. The second-order valence-electron chi connectivity index (χ2n) is 10.6. The van der Waals surface area contributed by atoms with Gasteiger partial charge in [-0.3, -0.25) is 0 Å². The molecule has 0 unspecified atom stereocenters. The van der Waals surface area contributed by atoms with Crippen molar-refractivity contribution in [2.24, 2.45) is 5.73 Å². The lowest BCUT2D eigenvalue weighted by atomic mass is 9.84. The summed E-state index contributed by atoms with van der Waals surface area (Å²) < 4.78 is 34.5. The number of nitrogens with two attached hydrogens (primary N) is 1. The molecule has 5 rings (SSSR count). The molecule has 5 heterocycles. The Bertz CT molecular complexity index is 1480. The maximum absolute atomic E-state index is 12.4. The minimum absolute atomic E-state index is 0.0276. The summed E-state index contributed by atoms with van der Waals surface area (Å²) in [5.74, 6) is 0.844. The first-order valence-electron chi connectivity index (χ1n) is 11.7. The number of hydrogen-bond donors (Lipinski definition) is 2. The highest BCUT2D eigenvalue weighted by Gasteiger charge is 2.40. The minimum Gasteiger partial charge on any atom is -0.472 e. The summed E-state index contributed by atoms with van der Waals surface area (Å²) in [5, 5.41) is 4.64. The fourth-order valence-electron chi connectivity index (χ4n) is 4.42. The second-order valence-corrected chi connectivity index (χ2v) is 12.8. The van der Waals surface area contributed by atoms with Gasteiger partial charge in [-0.2, -0.15) is 0 Å². The van der Waals surface area contributed by atoms with Gasteiger partial charge in [-0.1, -0.05) is 6.92 Å². The molecule has 10 nitrogen and oxygen atoms in total. The van der Waals surface area contributed by atoms with E-state index in [0.717, 1.165) is 10.9 Å². The van der Waals surface area contributed by atoms with Gasteiger partial charge in [-0.05, 0) is 56.8 Å². The number of hydrogen-bond acceptors (Lipinski definition) is 10. The molecule has 3 aromatic rings. The molecule has 11 heteroatoms. The van der Waals surface area contributed by atoms with Crippen molar-refractivity contribution >= 4 is 38.2 Å². The Morgan fingerprint density at radius 1 is 1.14 bits per heavy atom.